The van der Waals surface area contributed by atoms with Crippen LogP contribution in [0.25, 0.3) is 11.8 Å². The highest BCUT2D eigenvalue weighted by molar-refractivity contribution is 6.30. The molecule has 0 saturated carbocycles. The third kappa shape index (κ3) is 2.76. The first kappa shape index (κ1) is 16.1. The summed E-state index contributed by atoms with van der Waals surface area (Å²) in [6.07, 6.45) is 1.65. The van der Waals surface area contributed by atoms with Crippen molar-refractivity contribution in [3.8, 4) is 11.4 Å². The molecule has 2 heterocycles. The predicted molar refractivity (Wildman–Crippen MR) is 91.5 cm³/mol. The molecule has 1 aliphatic heterocycles. The molecule has 0 radical (unpaired) electrons. The number of nitrogens with zero attached hydrogens (tertiary/aromatic N) is 1. The summed E-state index contributed by atoms with van der Waals surface area (Å²) in [5.41, 5.74) is 3.70. The van der Waals surface area contributed by atoms with Crippen molar-refractivity contribution in [2.45, 2.75) is 13.8 Å². The normalized spacial score (nSPS) is 15.6. The zero-order chi connectivity index (χ0) is 17.4. The van der Waals surface area contributed by atoms with Crippen LogP contribution in [0.15, 0.2) is 30.0 Å². The molecule has 6 nitrogen and oxygen atoms in total. The van der Waals surface area contributed by atoms with Crippen molar-refractivity contribution in [3.05, 3.63) is 51.9 Å². The minimum absolute atomic E-state index is 0.221. The molecular weight excluding hydrogens is 330 g/mol. The van der Waals surface area contributed by atoms with Gasteiger partial charge in [-0.2, -0.15) is 0 Å². The predicted octanol–water partition coefficient (Wildman–Crippen LogP) is 2.94. The monoisotopic (exact) mass is 345 g/mol. The Labute approximate surface area is 144 Å². The number of rotatable bonds is 3. The van der Waals surface area contributed by atoms with Crippen LogP contribution < -0.4 is 15.4 Å². The largest absolute Gasteiger partial charge is 0.495 e. The second-order valence-corrected chi connectivity index (χ2v) is 5.88. The second-order valence-electron chi connectivity index (χ2n) is 5.44. The minimum atomic E-state index is -0.517. The van der Waals surface area contributed by atoms with E-state index in [0.717, 1.165) is 22.6 Å². The van der Waals surface area contributed by atoms with E-state index in [1.165, 1.54) is 0 Å². The maximum Gasteiger partial charge on any atom is 0.326 e. The lowest BCUT2D eigenvalue weighted by molar-refractivity contribution is -0.115. The maximum absolute atomic E-state index is 11.7. The number of carbonyl (C=O) groups excluding carboxylic acids is 2. The summed E-state index contributed by atoms with van der Waals surface area (Å²) in [6, 6.07) is 6.80. The van der Waals surface area contributed by atoms with Crippen molar-refractivity contribution in [1.82, 2.24) is 15.2 Å². The van der Waals surface area contributed by atoms with Gasteiger partial charge in [-0.1, -0.05) is 11.6 Å². The van der Waals surface area contributed by atoms with Crippen LogP contribution in [0.2, 0.25) is 5.02 Å². The first-order valence-corrected chi connectivity index (χ1v) is 7.65. The van der Waals surface area contributed by atoms with Gasteiger partial charge < -0.3 is 14.6 Å². The van der Waals surface area contributed by atoms with E-state index in [0.29, 0.717) is 10.8 Å². The second kappa shape index (κ2) is 6.05. The van der Waals surface area contributed by atoms with Gasteiger partial charge in [0.1, 0.15) is 11.4 Å². The van der Waals surface area contributed by atoms with Gasteiger partial charge in [0, 0.05) is 16.4 Å². The lowest BCUT2D eigenvalue weighted by Gasteiger charge is -2.14. The number of urea groups is 1. The highest BCUT2D eigenvalue weighted by Gasteiger charge is 2.23. The smallest absolute Gasteiger partial charge is 0.326 e. The highest BCUT2D eigenvalue weighted by atomic mass is 35.5. The van der Waals surface area contributed by atoms with E-state index in [-0.39, 0.29) is 5.70 Å². The van der Waals surface area contributed by atoms with E-state index in [1.54, 1.807) is 25.3 Å². The Morgan fingerprint density at radius 1 is 1.17 bits per heavy atom. The molecule has 0 bridgehead atoms. The summed E-state index contributed by atoms with van der Waals surface area (Å²) in [6.45, 7) is 3.87. The van der Waals surface area contributed by atoms with Gasteiger partial charge in [0.05, 0.1) is 12.8 Å². The number of carbonyl (C=O) groups is 2. The summed E-state index contributed by atoms with van der Waals surface area (Å²) >= 11 is 6.13. The molecule has 0 atom stereocenters. The lowest BCUT2D eigenvalue weighted by atomic mass is 10.2. The van der Waals surface area contributed by atoms with Crippen LogP contribution in [0.3, 0.4) is 0 Å². The Kier molecular flexibility index (Phi) is 4.07. The Hall–Kier alpha value is -2.73. The van der Waals surface area contributed by atoms with Crippen LogP contribution in [0.4, 0.5) is 4.79 Å². The van der Waals surface area contributed by atoms with E-state index in [1.807, 2.05) is 30.5 Å². The standard InChI is InChI=1S/C17H16ClN3O3/c1-9-6-11(7-13-16(22)20-17(23)19-13)10(2)21(9)14-8-12(18)4-5-15(14)24-3/h4-8H,1-3H3,(H2,19,20,22,23)/b13-7+. The molecule has 3 rings (SSSR count). The number of benzene rings is 1. The third-order valence-electron chi connectivity index (χ3n) is 3.87. The van der Waals surface area contributed by atoms with E-state index < -0.39 is 11.9 Å². The van der Waals surface area contributed by atoms with Gasteiger partial charge in [0.15, 0.2) is 0 Å². The summed E-state index contributed by atoms with van der Waals surface area (Å²) < 4.78 is 7.41. The van der Waals surface area contributed by atoms with Crippen LogP contribution in [0, 0.1) is 13.8 Å². The molecule has 1 aromatic heterocycles. The minimum Gasteiger partial charge on any atom is -0.495 e. The number of nitrogens with one attached hydrogen (secondary N) is 2. The number of aryl methyl sites for hydroxylation is 1. The molecule has 24 heavy (non-hydrogen) atoms. The molecular formula is C17H16ClN3O3. The summed E-state index contributed by atoms with van der Waals surface area (Å²) in [7, 11) is 1.60. The van der Waals surface area contributed by atoms with Gasteiger partial charge in [-0.15, -0.1) is 0 Å². The number of imide groups is 1. The van der Waals surface area contributed by atoms with Gasteiger partial charge >= 0.3 is 6.03 Å². The molecule has 0 spiro atoms. The zero-order valence-electron chi connectivity index (χ0n) is 13.4. The fourth-order valence-corrected chi connectivity index (χ4v) is 2.95. The van der Waals surface area contributed by atoms with Gasteiger partial charge in [0.25, 0.3) is 5.91 Å². The molecule has 1 fully saturated rings. The number of hydrogen-bond acceptors (Lipinski definition) is 3. The topological polar surface area (TPSA) is 72.4 Å². The van der Waals surface area contributed by atoms with Gasteiger partial charge in [0.2, 0.25) is 0 Å². The SMILES string of the molecule is COc1ccc(Cl)cc1-n1c(C)cc(/C=C2/NC(=O)NC2=O)c1C. The molecule has 2 N–H and O–H groups in total. The van der Waals surface area contributed by atoms with E-state index in [9.17, 15) is 9.59 Å². The molecule has 1 aliphatic rings. The van der Waals surface area contributed by atoms with E-state index >= 15 is 0 Å². The molecule has 2 aromatic rings. The molecule has 1 aromatic carbocycles. The Morgan fingerprint density at radius 2 is 1.92 bits per heavy atom. The van der Waals surface area contributed by atoms with Crippen LogP contribution in [-0.2, 0) is 4.79 Å². The molecule has 124 valence electrons. The van der Waals surface area contributed by atoms with Crippen molar-refractivity contribution in [1.29, 1.82) is 0 Å². The number of amides is 3. The number of methoxy groups -OCH3 is 1. The van der Waals surface area contributed by atoms with Crippen molar-refractivity contribution >= 4 is 29.6 Å². The number of ether oxygens (including phenoxy) is 1. The number of halogens is 1. The summed E-state index contributed by atoms with van der Waals surface area (Å²) in [5.74, 6) is 0.248. The van der Waals surface area contributed by atoms with Gasteiger partial charge in [-0.05, 0) is 49.8 Å². The molecule has 3 amide bonds. The molecule has 0 aliphatic carbocycles. The number of hydrogen-bond donors (Lipinski definition) is 2. The fourth-order valence-electron chi connectivity index (χ4n) is 2.78. The van der Waals surface area contributed by atoms with E-state index in [2.05, 4.69) is 10.6 Å². The number of aromatic nitrogens is 1. The van der Waals surface area contributed by atoms with Crippen LogP contribution >= 0.6 is 11.6 Å². The van der Waals surface area contributed by atoms with Gasteiger partial charge in [-0.3, -0.25) is 10.1 Å². The zero-order valence-corrected chi connectivity index (χ0v) is 14.2. The van der Waals surface area contributed by atoms with Crippen LogP contribution in [-0.4, -0.2) is 23.6 Å². The van der Waals surface area contributed by atoms with Gasteiger partial charge in [-0.25, -0.2) is 4.79 Å². The van der Waals surface area contributed by atoms with Crippen molar-refractivity contribution in [3.63, 3.8) is 0 Å². The lowest BCUT2D eigenvalue weighted by Crippen LogP contribution is -2.22. The van der Waals surface area contributed by atoms with Crippen molar-refractivity contribution in [2.75, 3.05) is 7.11 Å². The van der Waals surface area contributed by atoms with Crippen LogP contribution in [0.5, 0.6) is 5.75 Å². The average Bonchev–Trinajstić information content (AvgIpc) is 2.98. The Morgan fingerprint density at radius 3 is 2.54 bits per heavy atom. The fraction of sp³-hybridized carbons (Fsp3) is 0.176. The van der Waals surface area contributed by atoms with Crippen molar-refractivity contribution < 1.29 is 14.3 Å². The van der Waals surface area contributed by atoms with Crippen molar-refractivity contribution in [2.24, 2.45) is 0 Å². The quantitative estimate of drug-likeness (QED) is 0.663. The molecule has 7 heteroatoms. The molecule has 0 unspecified atom stereocenters. The first-order chi connectivity index (χ1) is 11.4. The Bertz CT molecular complexity index is 883. The molecule has 1 saturated heterocycles. The average molecular weight is 346 g/mol. The Balaban J connectivity index is 2.11. The first-order valence-electron chi connectivity index (χ1n) is 7.27. The summed E-state index contributed by atoms with van der Waals surface area (Å²) in [4.78, 5) is 22.9. The van der Waals surface area contributed by atoms with E-state index in [4.69, 9.17) is 16.3 Å². The highest BCUT2D eigenvalue weighted by Crippen LogP contribution is 2.31. The third-order valence-corrected chi connectivity index (χ3v) is 4.11. The maximum atomic E-state index is 11.7. The van der Waals surface area contributed by atoms with Crippen LogP contribution in [0.1, 0.15) is 17.0 Å². The summed E-state index contributed by atoms with van der Waals surface area (Å²) in [5, 5.41) is 5.27.